The Hall–Kier alpha value is 1.22. The number of hydrogen-bond acceptors (Lipinski definition) is 6. The van der Waals surface area contributed by atoms with Gasteiger partial charge in [-0.3, -0.25) is 0 Å². The zero-order valence-electron chi connectivity index (χ0n) is 10.7. The van der Waals surface area contributed by atoms with E-state index in [0.29, 0.717) is 5.75 Å². The van der Waals surface area contributed by atoms with Crippen molar-refractivity contribution in [1.82, 2.24) is 4.90 Å². The molecule has 0 aliphatic rings. The SMILES string of the molecule is CCN(CC)CCC(=S)SSCCC(=O)[O-].[Na+]. The first-order chi connectivity index (χ1) is 7.60. The summed E-state index contributed by atoms with van der Waals surface area (Å²) in [6.07, 6.45) is 0.982. The predicted molar refractivity (Wildman–Crippen MR) is 74.7 cm³/mol. The van der Waals surface area contributed by atoms with Gasteiger partial charge in [0.15, 0.2) is 0 Å². The average molecular weight is 303 g/mol. The molecule has 0 radical (unpaired) electrons. The molecule has 0 heterocycles. The quantitative estimate of drug-likeness (QED) is 0.225. The van der Waals surface area contributed by atoms with E-state index in [1.807, 2.05) is 0 Å². The van der Waals surface area contributed by atoms with E-state index in [1.54, 1.807) is 0 Å². The fraction of sp³-hybridized carbons (Fsp3) is 0.800. The van der Waals surface area contributed by atoms with Crippen LogP contribution in [0.25, 0.3) is 0 Å². The monoisotopic (exact) mass is 303 g/mol. The van der Waals surface area contributed by atoms with Crippen LogP contribution in [0.3, 0.4) is 0 Å². The molecule has 0 aromatic carbocycles. The number of carbonyl (C=O) groups excluding carboxylic acids is 1. The molecule has 0 N–H and O–H groups in total. The van der Waals surface area contributed by atoms with E-state index in [2.05, 4.69) is 18.7 Å². The molecule has 94 valence electrons. The largest absolute Gasteiger partial charge is 1.00 e. The molecule has 0 saturated heterocycles. The predicted octanol–water partition coefficient (Wildman–Crippen LogP) is -1.43. The van der Waals surface area contributed by atoms with Gasteiger partial charge < -0.3 is 14.8 Å². The molecule has 0 aromatic heterocycles. The summed E-state index contributed by atoms with van der Waals surface area (Å²) in [5, 5.41) is 10.2. The molecular weight excluding hydrogens is 285 g/mol. The van der Waals surface area contributed by atoms with Gasteiger partial charge in [0.25, 0.3) is 0 Å². The fourth-order valence-corrected chi connectivity index (χ4v) is 3.37. The Morgan fingerprint density at radius 1 is 1.29 bits per heavy atom. The van der Waals surface area contributed by atoms with E-state index in [1.165, 1.54) is 21.6 Å². The maximum absolute atomic E-state index is 10.2. The van der Waals surface area contributed by atoms with Crippen LogP contribution in [0.4, 0.5) is 0 Å². The maximum atomic E-state index is 10.2. The number of carboxylic acids is 1. The van der Waals surface area contributed by atoms with Gasteiger partial charge in [-0.1, -0.05) is 47.7 Å². The Labute approximate surface area is 139 Å². The van der Waals surface area contributed by atoms with E-state index in [0.717, 1.165) is 30.3 Å². The summed E-state index contributed by atoms with van der Waals surface area (Å²) in [6, 6.07) is 0. The summed E-state index contributed by atoms with van der Waals surface area (Å²) in [7, 11) is 3.00. The van der Waals surface area contributed by atoms with E-state index in [-0.39, 0.29) is 36.0 Å². The second kappa shape index (κ2) is 13.6. The van der Waals surface area contributed by atoms with Crippen LogP contribution in [-0.2, 0) is 4.79 Å². The molecule has 0 aliphatic carbocycles. The van der Waals surface area contributed by atoms with Crippen molar-refractivity contribution >= 4 is 44.0 Å². The molecule has 0 saturated carbocycles. The smallest absolute Gasteiger partial charge is 0.550 e. The Morgan fingerprint density at radius 2 is 1.88 bits per heavy atom. The third kappa shape index (κ3) is 13.5. The van der Waals surface area contributed by atoms with Crippen LogP contribution in [-0.4, -0.2) is 40.5 Å². The first kappa shape index (κ1) is 20.5. The zero-order valence-corrected chi connectivity index (χ0v) is 15.2. The third-order valence-electron chi connectivity index (χ3n) is 2.07. The van der Waals surface area contributed by atoms with Gasteiger partial charge in [0.1, 0.15) is 0 Å². The number of nitrogens with zero attached hydrogens (tertiary/aromatic N) is 1. The van der Waals surface area contributed by atoms with Gasteiger partial charge in [-0.25, -0.2) is 0 Å². The van der Waals surface area contributed by atoms with Gasteiger partial charge in [0.05, 0.1) is 4.20 Å². The molecule has 0 aliphatic heterocycles. The first-order valence-corrected chi connectivity index (χ1v) is 8.07. The summed E-state index contributed by atoms with van der Waals surface area (Å²) in [6.45, 7) is 7.34. The Balaban J connectivity index is 0. The van der Waals surface area contributed by atoms with Crippen molar-refractivity contribution in [2.45, 2.75) is 26.7 Å². The summed E-state index contributed by atoms with van der Waals surface area (Å²) >= 11 is 5.20. The molecule has 0 unspecified atom stereocenters. The standard InChI is InChI=1S/C10H19NO2S3.Na/c1-3-11(4-2)7-5-10(14)16-15-8-6-9(12)13;/h3-8H2,1-2H3,(H,12,13);/q;+1/p-1. The number of aliphatic carboxylic acids is 1. The molecule has 0 rings (SSSR count). The number of carbonyl (C=O) groups is 1. The van der Waals surface area contributed by atoms with Crippen molar-refractivity contribution in [2.75, 3.05) is 25.4 Å². The summed E-state index contributed by atoms with van der Waals surface area (Å²) < 4.78 is 0.940. The second-order valence-electron chi connectivity index (χ2n) is 3.18. The van der Waals surface area contributed by atoms with Gasteiger partial charge in [-0.15, -0.1) is 0 Å². The van der Waals surface area contributed by atoms with Crippen molar-refractivity contribution in [1.29, 1.82) is 0 Å². The van der Waals surface area contributed by atoms with Gasteiger partial charge in [0.2, 0.25) is 0 Å². The van der Waals surface area contributed by atoms with Gasteiger partial charge in [-0.2, -0.15) is 0 Å². The number of rotatable bonds is 9. The van der Waals surface area contributed by atoms with Gasteiger partial charge in [-0.05, 0) is 19.5 Å². The number of carboxylic acid groups (broad SMARTS) is 1. The molecule has 3 nitrogen and oxygen atoms in total. The minimum atomic E-state index is -0.998. The van der Waals surface area contributed by atoms with Crippen LogP contribution in [0, 0.1) is 0 Å². The van der Waals surface area contributed by atoms with Crippen LogP contribution < -0.4 is 34.7 Å². The molecule has 0 bridgehead atoms. The Morgan fingerprint density at radius 3 is 2.35 bits per heavy atom. The maximum Gasteiger partial charge on any atom is 1.00 e. The van der Waals surface area contributed by atoms with Crippen molar-refractivity contribution in [3.8, 4) is 0 Å². The second-order valence-corrected chi connectivity index (χ2v) is 6.44. The third-order valence-corrected chi connectivity index (χ3v) is 5.17. The van der Waals surface area contributed by atoms with Crippen LogP contribution >= 0.6 is 33.8 Å². The molecule has 0 amide bonds. The normalized spacial score (nSPS) is 10.1. The summed E-state index contributed by atoms with van der Waals surface area (Å²) in [5.74, 6) is -0.444. The summed E-state index contributed by atoms with van der Waals surface area (Å²) in [5.41, 5.74) is 0. The van der Waals surface area contributed by atoms with Crippen molar-refractivity contribution < 1.29 is 39.5 Å². The molecule has 0 spiro atoms. The molecular formula is C10H18NNaO2S3. The fourth-order valence-electron chi connectivity index (χ4n) is 1.06. The number of thiocarbonyl (C=S) groups is 1. The average Bonchev–Trinajstić information content (AvgIpc) is 2.25. The van der Waals surface area contributed by atoms with Crippen LogP contribution in [0.5, 0.6) is 0 Å². The first-order valence-electron chi connectivity index (χ1n) is 5.34. The molecule has 0 aromatic rings. The van der Waals surface area contributed by atoms with Crippen molar-refractivity contribution in [2.24, 2.45) is 0 Å². The van der Waals surface area contributed by atoms with E-state index < -0.39 is 5.97 Å². The van der Waals surface area contributed by atoms with Gasteiger partial charge >= 0.3 is 29.6 Å². The van der Waals surface area contributed by atoms with E-state index in [4.69, 9.17) is 12.2 Å². The zero-order chi connectivity index (χ0) is 12.4. The molecule has 0 atom stereocenters. The van der Waals surface area contributed by atoms with Crippen molar-refractivity contribution in [3.05, 3.63) is 0 Å². The van der Waals surface area contributed by atoms with E-state index in [9.17, 15) is 9.90 Å². The van der Waals surface area contributed by atoms with Crippen LogP contribution in [0.2, 0.25) is 0 Å². The molecule has 17 heavy (non-hydrogen) atoms. The minimum Gasteiger partial charge on any atom is -0.550 e. The van der Waals surface area contributed by atoms with E-state index >= 15 is 0 Å². The number of hydrogen-bond donors (Lipinski definition) is 0. The Kier molecular flexibility index (Phi) is 16.5. The van der Waals surface area contributed by atoms with Gasteiger partial charge in [0, 0.05) is 24.7 Å². The topological polar surface area (TPSA) is 43.4 Å². The van der Waals surface area contributed by atoms with Crippen LogP contribution in [0.15, 0.2) is 0 Å². The van der Waals surface area contributed by atoms with Crippen LogP contribution in [0.1, 0.15) is 26.7 Å². The summed E-state index contributed by atoms with van der Waals surface area (Å²) in [4.78, 5) is 12.5. The minimum absolute atomic E-state index is 0. The van der Waals surface area contributed by atoms with Crippen molar-refractivity contribution in [3.63, 3.8) is 0 Å². The Bertz CT molecular complexity index is 226. The molecule has 7 heteroatoms. The molecule has 0 fully saturated rings.